The standard InChI is InChI=1S/C7H12OS/c1-3-4-5-6(2)7(8)9/h4-6H,3H2,1-2H3,(H,8,9). The molecule has 1 atom stereocenters. The Balaban J connectivity index is 3.62. The second-order valence-electron chi connectivity index (χ2n) is 1.96. The van der Waals surface area contributed by atoms with Gasteiger partial charge < -0.3 is 0 Å². The molecule has 0 aliphatic rings. The van der Waals surface area contributed by atoms with Crippen LogP contribution in [-0.2, 0) is 4.79 Å². The monoisotopic (exact) mass is 144 g/mol. The van der Waals surface area contributed by atoms with Crippen LogP contribution in [0.15, 0.2) is 12.2 Å². The molecule has 0 saturated heterocycles. The Morgan fingerprint density at radius 1 is 1.78 bits per heavy atom. The molecule has 0 aromatic heterocycles. The molecule has 1 nitrogen and oxygen atoms in total. The van der Waals surface area contributed by atoms with E-state index in [1.807, 2.05) is 26.0 Å². The van der Waals surface area contributed by atoms with Gasteiger partial charge in [-0.2, -0.15) is 0 Å². The first-order valence-corrected chi connectivity index (χ1v) is 3.52. The Bertz CT molecular complexity index is 118. The summed E-state index contributed by atoms with van der Waals surface area (Å²) in [5.74, 6) is -0.0340. The number of thiol groups is 1. The van der Waals surface area contributed by atoms with Crippen LogP contribution in [0.25, 0.3) is 0 Å². The van der Waals surface area contributed by atoms with E-state index >= 15 is 0 Å². The third-order valence-corrected chi connectivity index (χ3v) is 1.46. The molecule has 9 heavy (non-hydrogen) atoms. The van der Waals surface area contributed by atoms with E-state index in [9.17, 15) is 4.79 Å². The fourth-order valence-corrected chi connectivity index (χ4v) is 0.509. The lowest BCUT2D eigenvalue weighted by Crippen LogP contribution is -1.98. The average molecular weight is 144 g/mol. The van der Waals surface area contributed by atoms with Crippen LogP contribution in [-0.4, -0.2) is 5.12 Å². The lowest BCUT2D eigenvalue weighted by atomic mass is 10.2. The first kappa shape index (κ1) is 8.76. The zero-order chi connectivity index (χ0) is 7.28. The smallest absolute Gasteiger partial charge is 0.192 e. The molecule has 0 fully saturated rings. The quantitative estimate of drug-likeness (QED) is 0.474. The first-order chi connectivity index (χ1) is 4.18. The maximum Gasteiger partial charge on any atom is 0.192 e. The van der Waals surface area contributed by atoms with E-state index in [2.05, 4.69) is 12.6 Å². The van der Waals surface area contributed by atoms with Gasteiger partial charge in [-0.15, -0.1) is 12.6 Å². The zero-order valence-electron chi connectivity index (χ0n) is 5.79. The number of allylic oxidation sites excluding steroid dienone is 2. The summed E-state index contributed by atoms with van der Waals surface area (Å²) < 4.78 is 0. The summed E-state index contributed by atoms with van der Waals surface area (Å²) in [5, 5.41) is -0.0697. The SMILES string of the molecule is CCC=CC(C)C(=O)S. The molecular formula is C7H12OS. The van der Waals surface area contributed by atoms with Gasteiger partial charge in [0.15, 0.2) is 5.12 Å². The van der Waals surface area contributed by atoms with E-state index in [4.69, 9.17) is 0 Å². The van der Waals surface area contributed by atoms with Crippen LogP contribution in [0.3, 0.4) is 0 Å². The number of rotatable bonds is 3. The summed E-state index contributed by atoms with van der Waals surface area (Å²) in [6, 6.07) is 0. The van der Waals surface area contributed by atoms with Gasteiger partial charge in [0.1, 0.15) is 0 Å². The van der Waals surface area contributed by atoms with Gasteiger partial charge >= 0.3 is 0 Å². The van der Waals surface area contributed by atoms with Gasteiger partial charge in [-0.1, -0.05) is 26.0 Å². The zero-order valence-corrected chi connectivity index (χ0v) is 6.69. The Hall–Kier alpha value is -0.240. The largest absolute Gasteiger partial charge is 0.287 e. The minimum absolute atomic E-state index is 0.0340. The highest BCUT2D eigenvalue weighted by Crippen LogP contribution is 2.01. The summed E-state index contributed by atoms with van der Waals surface area (Å²) in [7, 11) is 0. The van der Waals surface area contributed by atoms with Crippen molar-refractivity contribution in [2.24, 2.45) is 5.92 Å². The van der Waals surface area contributed by atoms with Crippen LogP contribution >= 0.6 is 12.6 Å². The Morgan fingerprint density at radius 3 is 2.67 bits per heavy atom. The second-order valence-corrected chi connectivity index (χ2v) is 2.40. The molecule has 0 aliphatic carbocycles. The minimum Gasteiger partial charge on any atom is -0.287 e. The van der Waals surface area contributed by atoms with Crippen molar-refractivity contribution in [1.82, 2.24) is 0 Å². The van der Waals surface area contributed by atoms with Gasteiger partial charge in [-0.25, -0.2) is 0 Å². The molecular weight excluding hydrogens is 132 g/mol. The Kier molecular flexibility index (Phi) is 4.50. The van der Waals surface area contributed by atoms with E-state index in [0.29, 0.717) is 0 Å². The Morgan fingerprint density at radius 2 is 2.33 bits per heavy atom. The van der Waals surface area contributed by atoms with Crippen molar-refractivity contribution in [3.8, 4) is 0 Å². The molecule has 0 bridgehead atoms. The molecule has 0 radical (unpaired) electrons. The van der Waals surface area contributed by atoms with Crippen molar-refractivity contribution >= 4 is 17.7 Å². The highest BCUT2D eigenvalue weighted by molar-refractivity contribution is 7.96. The second kappa shape index (κ2) is 4.62. The van der Waals surface area contributed by atoms with Crippen LogP contribution < -0.4 is 0 Å². The van der Waals surface area contributed by atoms with Gasteiger partial charge in [0.05, 0.1) is 0 Å². The van der Waals surface area contributed by atoms with Gasteiger partial charge in [0.2, 0.25) is 0 Å². The normalized spacial score (nSPS) is 14.1. The summed E-state index contributed by atoms with van der Waals surface area (Å²) in [5.41, 5.74) is 0. The molecule has 0 spiro atoms. The fraction of sp³-hybridized carbons (Fsp3) is 0.571. The summed E-state index contributed by atoms with van der Waals surface area (Å²) >= 11 is 3.68. The van der Waals surface area contributed by atoms with Gasteiger partial charge in [0, 0.05) is 5.92 Å². The maximum absolute atomic E-state index is 10.5. The topological polar surface area (TPSA) is 17.1 Å². The third-order valence-electron chi connectivity index (χ3n) is 1.05. The molecule has 0 amide bonds. The molecule has 0 rings (SSSR count). The molecule has 52 valence electrons. The van der Waals surface area contributed by atoms with Crippen molar-refractivity contribution in [3.05, 3.63) is 12.2 Å². The molecule has 0 heterocycles. The highest BCUT2D eigenvalue weighted by atomic mass is 32.1. The highest BCUT2D eigenvalue weighted by Gasteiger charge is 2.01. The van der Waals surface area contributed by atoms with Crippen molar-refractivity contribution in [1.29, 1.82) is 0 Å². The number of hydrogen-bond acceptors (Lipinski definition) is 1. The van der Waals surface area contributed by atoms with E-state index in [0.717, 1.165) is 6.42 Å². The molecule has 0 saturated carbocycles. The number of carbonyl (C=O) groups is 1. The summed E-state index contributed by atoms with van der Waals surface area (Å²) in [6.07, 6.45) is 4.82. The third kappa shape index (κ3) is 4.28. The van der Waals surface area contributed by atoms with Crippen molar-refractivity contribution in [2.75, 3.05) is 0 Å². The van der Waals surface area contributed by atoms with Crippen LogP contribution in [0, 0.1) is 5.92 Å². The summed E-state index contributed by atoms with van der Waals surface area (Å²) in [4.78, 5) is 10.5. The van der Waals surface area contributed by atoms with Crippen LogP contribution in [0.1, 0.15) is 20.3 Å². The molecule has 0 N–H and O–H groups in total. The number of hydrogen-bond donors (Lipinski definition) is 1. The van der Waals surface area contributed by atoms with Crippen LogP contribution in [0.4, 0.5) is 0 Å². The van der Waals surface area contributed by atoms with Gasteiger partial charge in [0.25, 0.3) is 0 Å². The predicted molar refractivity (Wildman–Crippen MR) is 42.6 cm³/mol. The van der Waals surface area contributed by atoms with E-state index < -0.39 is 0 Å². The van der Waals surface area contributed by atoms with Crippen molar-refractivity contribution in [2.45, 2.75) is 20.3 Å². The Labute approximate surface area is 61.6 Å². The van der Waals surface area contributed by atoms with Crippen molar-refractivity contribution in [3.63, 3.8) is 0 Å². The maximum atomic E-state index is 10.5. The van der Waals surface area contributed by atoms with E-state index in [1.54, 1.807) is 0 Å². The lowest BCUT2D eigenvalue weighted by molar-refractivity contribution is -0.112. The van der Waals surface area contributed by atoms with E-state index in [1.165, 1.54) is 0 Å². The molecule has 2 heteroatoms. The lowest BCUT2D eigenvalue weighted by Gasteiger charge is -1.95. The van der Waals surface area contributed by atoms with Crippen molar-refractivity contribution < 1.29 is 4.79 Å². The van der Waals surface area contributed by atoms with Crippen LogP contribution in [0.2, 0.25) is 0 Å². The first-order valence-electron chi connectivity index (χ1n) is 3.08. The molecule has 1 unspecified atom stereocenters. The van der Waals surface area contributed by atoms with Gasteiger partial charge in [-0.05, 0) is 6.42 Å². The molecule has 0 aliphatic heterocycles. The summed E-state index contributed by atoms with van der Waals surface area (Å²) in [6.45, 7) is 3.87. The minimum atomic E-state index is -0.0697. The molecule has 0 aromatic rings. The van der Waals surface area contributed by atoms with E-state index in [-0.39, 0.29) is 11.0 Å². The number of carbonyl (C=O) groups excluding carboxylic acids is 1. The fourth-order valence-electron chi connectivity index (χ4n) is 0.423. The predicted octanol–water partition coefficient (Wildman–Crippen LogP) is 2.05. The average Bonchev–Trinajstić information content (AvgIpc) is 1.82. The molecule has 0 aromatic carbocycles. The van der Waals surface area contributed by atoms with Gasteiger partial charge in [-0.3, -0.25) is 4.79 Å². The van der Waals surface area contributed by atoms with Crippen LogP contribution in [0.5, 0.6) is 0 Å².